The van der Waals surface area contributed by atoms with Crippen molar-refractivity contribution in [2.45, 2.75) is 52.1 Å². The van der Waals surface area contributed by atoms with Crippen LogP contribution in [0.25, 0.3) is 0 Å². The second kappa shape index (κ2) is 6.91. The average molecular weight is 348 g/mol. The molecule has 1 amide bonds. The highest BCUT2D eigenvalue weighted by atomic mass is 16.5. The SMILES string of the molecule is Cc1nc(C2CN(C(=O)CCc3nc(C(C)(C)C)no3)CCO2)n[nH]1. The van der Waals surface area contributed by atoms with E-state index in [1.807, 2.05) is 27.7 Å². The van der Waals surface area contributed by atoms with Gasteiger partial charge in [0, 0.05) is 24.8 Å². The van der Waals surface area contributed by atoms with E-state index in [0.717, 1.165) is 5.82 Å². The molecule has 0 saturated carbocycles. The number of H-pyrrole nitrogens is 1. The van der Waals surface area contributed by atoms with E-state index in [-0.39, 0.29) is 17.4 Å². The number of nitrogens with zero attached hydrogens (tertiary/aromatic N) is 5. The van der Waals surface area contributed by atoms with Crippen LogP contribution < -0.4 is 0 Å². The van der Waals surface area contributed by atoms with Crippen molar-refractivity contribution in [3.8, 4) is 0 Å². The number of aryl methyl sites for hydroxylation is 2. The van der Waals surface area contributed by atoms with Gasteiger partial charge in [-0.25, -0.2) is 4.98 Å². The van der Waals surface area contributed by atoms with Crippen LogP contribution in [0, 0.1) is 6.92 Å². The van der Waals surface area contributed by atoms with Crippen LogP contribution in [0.4, 0.5) is 0 Å². The molecule has 2 aromatic heterocycles. The van der Waals surface area contributed by atoms with Gasteiger partial charge in [0.25, 0.3) is 0 Å². The van der Waals surface area contributed by atoms with E-state index in [9.17, 15) is 4.79 Å². The van der Waals surface area contributed by atoms with Gasteiger partial charge in [-0.2, -0.15) is 10.1 Å². The molecule has 3 heterocycles. The molecule has 0 radical (unpaired) electrons. The Kier molecular flexibility index (Phi) is 4.85. The van der Waals surface area contributed by atoms with Crippen LogP contribution in [0.1, 0.15) is 56.7 Å². The maximum Gasteiger partial charge on any atom is 0.227 e. The third-order valence-corrected chi connectivity index (χ3v) is 4.01. The number of aromatic nitrogens is 5. The molecule has 3 rings (SSSR count). The Morgan fingerprint density at radius 1 is 1.36 bits per heavy atom. The summed E-state index contributed by atoms with van der Waals surface area (Å²) in [6.45, 7) is 9.38. The van der Waals surface area contributed by atoms with Crippen LogP contribution in [-0.4, -0.2) is 55.8 Å². The Morgan fingerprint density at radius 2 is 2.16 bits per heavy atom. The number of hydrogen-bond donors (Lipinski definition) is 1. The summed E-state index contributed by atoms with van der Waals surface area (Å²) in [4.78, 5) is 22.9. The summed E-state index contributed by atoms with van der Waals surface area (Å²) in [5.74, 6) is 2.50. The summed E-state index contributed by atoms with van der Waals surface area (Å²) in [5.41, 5.74) is -0.169. The maximum absolute atomic E-state index is 12.5. The van der Waals surface area contributed by atoms with Crippen molar-refractivity contribution in [2.75, 3.05) is 19.7 Å². The molecule has 0 aromatic carbocycles. The van der Waals surface area contributed by atoms with Gasteiger partial charge >= 0.3 is 0 Å². The van der Waals surface area contributed by atoms with Gasteiger partial charge < -0.3 is 14.2 Å². The minimum Gasteiger partial charge on any atom is -0.366 e. The number of morpholine rings is 1. The molecular weight excluding hydrogens is 324 g/mol. The molecule has 0 aliphatic carbocycles. The van der Waals surface area contributed by atoms with E-state index in [4.69, 9.17) is 9.26 Å². The number of ether oxygens (including phenoxy) is 1. The fraction of sp³-hybridized carbons (Fsp3) is 0.688. The Bertz CT molecular complexity index is 732. The molecule has 9 heteroatoms. The Morgan fingerprint density at radius 3 is 2.80 bits per heavy atom. The highest BCUT2D eigenvalue weighted by Gasteiger charge is 2.28. The first kappa shape index (κ1) is 17.5. The third kappa shape index (κ3) is 4.22. The number of aromatic amines is 1. The van der Waals surface area contributed by atoms with Gasteiger partial charge in [-0.05, 0) is 6.92 Å². The standard InChI is InChI=1S/C16H24N6O3/c1-10-17-14(20-19-10)11-9-22(7-8-24-11)13(23)6-5-12-18-15(21-25-12)16(2,3)4/h11H,5-9H2,1-4H3,(H,17,19,20). The van der Waals surface area contributed by atoms with Crippen molar-refractivity contribution in [2.24, 2.45) is 0 Å². The van der Waals surface area contributed by atoms with E-state index in [2.05, 4.69) is 25.3 Å². The van der Waals surface area contributed by atoms with Crippen molar-refractivity contribution in [1.82, 2.24) is 30.2 Å². The molecule has 1 N–H and O–H groups in total. The average Bonchev–Trinajstić information content (AvgIpc) is 3.21. The lowest BCUT2D eigenvalue weighted by molar-refractivity contribution is -0.139. The smallest absolute Gasteiger partial charge is 0.227 e. The third-order valence-electron chi connectivity index (χ3n) is 4.01. The first-order chi connectivity index (χ1) is 11.8. The van der Waals surface area contributed by atoms with Crippen molar-refractivity contribution < 1.29 is 14.1 Å². The first-order valence-electron chi connectivity index (χ1n) is 8.44. The zero-order chi connectivity index (χ0) is 18.0. The molecule has 1 aliphatic heterocycles. The lowest BCUT2D eigenvalue weighted by Gasteiger charge is -2.31. The van der Waals surface area contributed by atoms with Gasteiger partial charge in [-0.15, -0.1) is 0 Å². The molecule has 25 heavy (non-hydrogen) atoms. The quantitative estimate of drug-likeness (QED) is 0.887. The second-order valence-electron chi connectivity index (χ2n) is 7.24. The summed E-state index contributed by atoms with van der Waals surface area (Å²) in [7, 11) is 0. The number of hydrogen-bond acceptors (Lipinski definition) is 7. The summed E-state index contributed by atoms with van der Waals surface area (Å²) < 4.78 is 10.9. The number of carbonyl (C=O) groups is 1. The van der Waals surface area contributed by atoms with E-state index in [1.165, 1.54) is 0 Å². The van der Waals surface area contributed by atoms with E-state index >= 15 is 0 Å². The summed E-state index contributed by atoms with van der Waals surface area (Å²) in [6, 6.07) is 0. The number of amides is 1. The molecule has 0 bridgehead atoms. The largest absolute Gasteiger partial charge is 0.366 e. The van der Waals surface area contributed by atoms with Crippen molar-refractivity contribution in [1.29, 1.82) is 0 Å². The molecule has 0 spiro atoms. The maximum atomic E-state index is 12.5. The minimum absolute atomic E-state index is 0.0380. The molecule has 1 aliphatic rings. The Balaban J connectivity index is 1.55. The van der Waals surface area contributed by atoms with Crippen LogP contribution in [0.15, 0.2) is 4.52 Å². The van der Waals surface area contributed by atoms with Gasteiger partial charge in [0.05, 0.1) is 13.2 Å². The molecular formula is C16H24N6O3. The molecule has 136 valence electrons. The summed E-state index contributed by atoms with van der Waals surface area (Å²) in [6.07, 6.45) is 0.466. The van der Waals surface area contributed by atoms with Gasteiger partial charge in [0.15, 0.2) is 11.6 Å². The highest BCUT2D eigenvalue weighted by molar-refractivity contribution is 5.76. The highest BCUT2D eigenvalue weighted by Crippen LogP contribution is 2.21. The predicted molar refractivity (Wildman–Crippen MR) is 87.7 cm³/mol. The summed E-state index contributed by atoms with van der Waals surface area (Å²) in [5, 5.41) is 10.9. The Hall–Kier alpha value is -2.29. The van der Waals surface area contributed by atoms with Crippen LogP contribution in [0.2, 0.25) is 0 Å². The second-order valence-corrected chi connectivity index (χ2v) is 7.24. The fourth-order valence-electron chi connectivity index (χ4n) is 2.57. The van der Waals surface area contributed by atoms with Crippen molar-refractivity contribution in [3.05, 3.63) is 23.4 Å². The zero-order valence-corrected chi connectivity index (χ0v) is 15.1. The summed E-state index contributed by atoms with van der Waals surface area (Å²) >= 11 is 0. The van der Waals surface area contributed by atoms with Crippen molar-refractivity contribution >= 4 is 5.91 Å². The van der Waals surface area contributed by atoms with Gasteiger partial charge in [-0.1, -0.05) is 25.9 Å². The van der Waals surface area contributed by atoms with E-state index in [1.54, 1.807) is 4.90 Å². The van der Waals surface area contributed by atoms with Crippen LogP contribution in [-0.2, 0) is 21.4 Å². The van der Waals surface area contributed by atoms with Gasteiger partial charge in [-0.3, -0.25) is 9.89 Å². The van der Waals surface area contributed by atoms with Gasteiger partial charge in [0.2, 0.25) is 11.8 Å². The van der Waals surface area contributed by atoms with E-state index in [0.29, 0.717) is 50.1 Å². The topological polar surface area (TPSA) is 110 Å². The minimum atomic E-state index is -0.293. The number of carbonyl (C=O) groups excluding carboxylic acids is 1. The normalized spacial score (nSPS) is 18.6. The molecule has 1 fully saturated rings. The molecule has 9 nitrogen and oxygen atoms in total. The van der Waals surface area contributed by atoms with Crippen LogP contribution in [0.5, 0.6) is 0 Å². The van der Waals surface area contributed by atoms with E-state index < -0.39 is 0 Å². The lowest BCUT2D eigenvalue weighted by atomic mass is 9.96. The van der Waals surface area contributed by atoms with Crippen LogP contribution >= 0.6 is 0 Å². The predicted octanol–water partition coefficient (Wildman–Crippen LogP) is 1.33. The molecule has 1 unspecified atom stereocenters. The number of nitrogens with one attached hydrogen (secondary N) is 1. The Labute approximate surface area is 146 Å². The lowest BCUT2D eigenvalue weighted by Crippen LogP contribution is -2.42. The first-order valence-corrected chi connectivity index (χ1v) is 8.44. The monoisotopic (exact) mass is 348 g/mol. The van der Waals surface area contributed by atoms with Crippen molar-refractivity contribution in [3.63, 3.8) is 0 Å². The molecule has 2 aromatic rings. The zero-order valence-electron chi connectivity index (χ0n) is 15.1. The van der Waals surface area contributed by atoms with Crippen LogP contribution in [0.3, 0.4) is 0 Å². The van der Waals surface area contributed by atoms with Gasteiger partial charge in [0.1, 0.15) is 11.9 Å². The number of rotatable bonds is 4. The molecule has 1 atom stereocenters. The fourth-order valence-corrected chi connectivity index (χ4v) is 2.57. The molecule has 1 saturated heterocycles.